The Hall–Kier alpha value is -2.24. The van der Waals surface area contributed by atoms with Gasteiger partial charge in [-0.25, -0.2) is 0 Å². The van der Waals surface area contributed by atoms with Crippen LogP contribution in [0.1, 0.15) is 40.5 Å². The van der Waals surface area contributed by atoms with Crippen molar-refractivity contribution in [3.8, 4) is 0 Å². The van der Waals surface area contributed by atoms with E-state index in [4.69, 9.17) is 16.2 Å². The van der Waals surface area contributed by atoms with E-state index in [1.54, 1.807) is 27.7 Å². The zero-order chi connectivity index (χ0) is 22.0. The Balaban J connectivity index is 4.54. The maximum absolute atomic E-state index is 12.2. The van der Waals surface area contributed by atoms with Crippen LogP contribution in [0.3, 0.4) is 0 Å². The minimum atomic E-state index is -1.11. The second-order valence-electron chi connectivity index (χ2n) is 7.67. The molecule has 0 aliphatic carbocycles. The fourth-order valence-electron chi connectivity index (χ4n) is 2.04. The van der Waals surface area contributed by atoms with Gasteiger partial charge < -0.3 is 37.3 Å². The Morgan fingerprint density at radius 1 is 1.11 bits per heavy atom. The topological polar surface area (TPSA) is 186 Å². The first-order chi connectivity index (χ1) is 12.8. The molecular formula is C17H33N5O6. The summed E-state index contributed by atoms with van der Waals surface area (Å²) in [4.78, 5) is 45.9. The highest BCUT2D eigenvalue weighted by Crippen LogP contribution is 2.19. The first-order valence-corrected chi connectivity index (χ1v) is 8.93. The number of hydrogen-bond donors (Lipinski definition) is 6. The number of nitrogens with one attached hydrogen (secondary N) is 3. The molecule has 1 atom stereocenters. The molecule has 0 spiro atoms. The summed E-state index contributed by atoms with van der Waals surface area (Å²) in [6, 6.07) is -1.11. The van der Waals surface area contributed by atoms with Gasteiger partial charge in [0.1, 0.15) is 6.04 Å². The lowest BCUT2D eigenvalue weighted by Gasteiger charge is -2.33. The summed E-state index contributed by atoms with van der Waals surface area (Å²) in [7, 11) is 0. The van der Waals surface area contributed by atoms with Crippen LogP contribution in [-0.4, -0.2) is 72.2 Å². The van der Waals surface area contributed by atoms with E-state index in [1.807, 2.05) is 0 Å². The summed E-state index contributed by atoms with van der Waals surface area (Å²) in [6.45, 7) is 6.08. The third-order valence-corrected chi connectivity index (χ3v) is 3.72. The van der Waals surface area contributed by atoms with Crippen LogP contribution >= 0.6 is 0 Å². The maximum Gasteiger partial charge on any atom is 0.245 e. The number of carbonyl (C=O) groups is 4. The van der Waals surface area contributed by atoms with E-state index in [-0.39, 0.29) is 32.0 Å². The van der Waals surface area contributed by atoms with Crippen LogP contribution in [0.2, 0.25) is 0 Å². The Morgan fingerprint density at radius 3 is 2.21 bits per heavy atom. The second kappa shape index (κ2) is 11.6. The van der Waals surface area contributed by atoms with E-state index in [9.17, 15) is 24.3 Å². The predicted octanol–water partition coefficient (Wildman–Crippen LogP) is -2.51. The van der Waals surface area contributed by atoms with E-state index < -0.39 is 41.5 Å². The molecule has 28 heavy (non-hydrogen) atoms. The summed E-state index contributed by atoms with van der Waals surface area (Å²) in [5.74, 6) is -2.06. The number of ether oxygens (including phenoxy) is 1. The molecule has 0 fully saturated rings. The average molecular weight is 403 g/mol. The van der Waals surface area contributed by atoms with Crippen LogP contribution in [0, 0.1) is 0 Å². The van der Waals surface area contributed by atoms with Crippen molar-refractivity contribution < 1.29 is 29.0 Å². The van der Waals surface area contributed by atoms with E-state index >= 15 is 0 Å². The number of amides is 4. The minimum Gasteiger partial charge on any atom is -0.394 e. The highest BCUT2D eigenvalue weighted by atomic mass is 16.5. The van der Waals surface area contributed by atoms with Crippen molar-refractivity contribution in [2.24, 2.45) is 11.5 Å². The molecule has 0 saturated carbocycles. The van der Waals surface area contributed by atoms with Gasteiger partial charge in [0, 0.05) is 6.42 Å². The molecule has 0 radical (unpaired) electrons. The largest absolute Gasteiger partial charge is 0.394 e. The smallest absolute Gasteiger partial charge is 0.245 e. The number of aliphatic hydroxyl groups excluding tert-OH is 1. The van der Waals surface area contributed by atoms with Crippen molar-refractivity contribution in [1.29, 1.82) is 0 Å². The summed E-state index contributed by atoms with van der Waals surface area (Å²) in [6.07, 6.45) is 0.526. The third kappa shape index (κ3) is 11.5. The molecule has 0 aromatic carbocycles. The van der Waals surface area contributed by atoms with Gasteiger partial charge in [0.25, 0.3) is 0 Å². The van der Waals surface area contributed by atoms with E-state index in [0.717, 1.165) is 0 Å². The monoisotopic (exact) mass is 403 g/mol. The molecule has 0 unspecified atom stereocenters. The van der Waals surface area contributed by atoms with E-state index in [1.165, 1.54) is 0 Å². The molecule has 4 amide bonds. The van der Waals surface area contributed by atoms with Gasteiger partial charge >= 0.3 is 0 Å². The highest BCUT2D eigenvalue weighted by Gasteiger charge is 2.29. The molecule has 0 aromatic rings. The van der Waals surface area contributed by atoms with Gasteiger partial charge in [-0.05, 0) is 34.1 Å². The number of carbonyl (C=O) groups excluding carboxylic acids is 4. The summed E-state index contributed by atoms with van der Waals surface area (Å²) >= 11 is 0. The van der Waals surface area contributed by atoms with Gasteiger partial charge in [0.15, 0.2) is 0 Å². The first kappa shape index (κ1) is 25.8. The van der Waals surface area contributed by atoms with Gasteiger partial charge in [-0.1, -0.05) is 0 Å². The highest BCUT2D eigenvalue weighted by molar-refractivity contribution is 5.88. The lowest BCUT2D eigenvalue weighted by atomic mass is 10.0. The molecule has 0 aliphatic rings. The third-order valence-electron chi connectivity index (χ3n) is 3.72. The van der Waals surface area contributed by atoms with Crippen molar-refractivity contribution in [2.45, 2.75) is 57.7 Å². The van der Waals surface area contributed by atoms with Crippen LogP contribution in [0.25, 0.3) is 0 Å². The van der Waals surface area contributed by atoms with Gasteiger partial charge in [-0.3, -0.25) is 19.2 Å². The first-order valence-electron chi connectivity index (χ1n) is 8.93. The molecule has 0 heterocycles. The fraction of sp³-hybridized carbons (Fsp3) is 0.765. The summed E-state index contributed by atoms with van der Waals surface area (Å²) in [5.41, 5.74) is 8.68. The molecule has 0 bridgehead atoms. The Morgan fingerprint density at radius 2 is 1.71 bits per heavy atom. The fourth-order valence-corrected chi connectivity index (χ4v) is 2.04. The summed E-state index contributed by atoms with van der Waals surface area (Å²) in [5, 5.41) is 16.7. The van der Waals surface area contributed by atoms with Crippen LogP contribution in [-0.2, 0) is 23.9 Å². The van der Waals surface area contributed by atoms with Gasteiger partial charge in [0.2, 0.25) is 23.6 Å². The van der Waals surface area contributed by atoms with Crippen molar-refractivity contribution >= 4 is 23.6 Å². The lowest BCUT2D eigenvalue weighted by molar-refractivity contribution is -0.132. The lowest BCUT2D eigenvalue weighted by Crippen LogP contribution is -2.57. The van der Waals surface area contributed by atoms with E-state index in [2.05, 4.69) is 16.0 Å². The van der Waals surface area contributed by atoms with Crippen molar-refractivity contribution in [2.75, 3.05) is 26.3 Å². The number of hydrogen-bond acceptors (Lipinski definition) is 7. The minimum absolute atomic E-state index is 0.123. The molecule has 0 aromatic heterocycles. The normalized spacial score (nSPS) is 12.8. The predicted molar refractivity (Wildman–Crippen MR) is 102 cm³/mol. The zero-order valence-electron chi connectivity index (χ0n) is 17.0. The quantitative estimate of drug-likeness (QED) is 0.196. The molecule has 0 aliphatic heterocycles. The van der Waals surface area contributed by atoms with Crippen LogP contribution in [0.5, 0.6) is 0 Å². The Labute approximate surface area is 164 Å². The van der Waals surface area contributed by atoms with Crippen molar-refractivity contribution in [3.05, 3.63) is 0 Å². The number of primary amides is 1. The summed E-state index contributed by atoms with van der Waals surface area (Å²) < 4.78 is 5.83. The molecular weight excluding hydrogens is 370 g/mol. The Kier molecular flexibility index (Phi) is 10.6. The van der Waals surface area contributed by atoms with Gasteiger partial charge in [-0.2, -0.15) is 0 Å². The maximum atomic E-state index is 12.2. The number of rotatable bonds is 13. The SMILES string of the molecule is CC(C)(COC(C)(C)CCC(=O)NCC(N)=O)NC(=O)[C@H](CO)NC(=O)CN. The van der Waals surface area contributed by atoms with Crippen molar-refractivity contribution in [3.63, 3.8) is 0 Å². The number of nitrogens with two attached hydrogens (primary N) is 2. The average Bonchev–Trinajstić information content (AvgIpc) is 2.60. The molecule has 11 nitrogen and oxygen atoms in total. The van der Waals surface area contributed by atoms with Gasteiger partial charge in [0.05, 0.1) is 37.4 Å². The molecule has 0 saturated heterocycles. The van der Waals surface area contributed by atoms with Crippen LogP contribution < -0.4 is 27.4 Å². The Bertz CT molecular complexity index is 564. The van der Waals surface area contributed by atoms with Crippen molar-refractivity contribution in [1.82, 2.24) is 16.0 Å². The molecule has 0 rings (SSSR count). The van der Waals surface area contributed by atoms with Gasteiger partial charge in [-0.15, -0.1) is 0 Å². The van der Waals surface area contributed by atoms with E-state index in [0.29, 0.717) is 6.42 Å². The zero-order valence-corrected chi connectivity index (χ0v) is 17.0. The molecule has 8 N–H and O–H groups in total. The van der Waals surface area contributed by atoms with Crippen LogP contribution in [0.4, 0.5) is 0 Å². The standard InChI is InChI=1S/C17H33N5O6/c1-16(2,22-15(27)11(9-23)21-14(26)7-18)10-28-17(3,4)6-5-13(25)20-8-12(19)24/h11,23H,5-10,18H2,1-4H3,(H2,19,24)(H,20,25)(H,21,26)(H,22,27)/t11-/m0/s1. The molecule has 11 heteroatoms. The second-order valence-corrected chi connectivity index (χ2v) is 7.67. The van der Waals surface area contributed by atoms with Crippen LogP contribution in [0.15, 0.2) is 0 Å². The number of aliphatic hydroxyl groups is 1. The molecule has 162 valence electrons.